The van der Waals surface area contributed by atoms with Crippen molar-refractivity contribution in [3.05, 3.63) is 47.2 Å². The molecule has 0 radical (unpaired) electrons. The predicted molar refractivity (Wildman–Crippen MR) is 96.2 cm³/mol. The highest BCUT2D eigenvalue weighted by molar-refractivity contribution is 6.23. The number of Topliss-reactive ketones (excluding diaryl/α,β-unsaturated/α-hetero) is 2. The third kappa shape index (κ3) is 3.27. The van der Waals surface area contributed by atoms with E-state index < -0.39 is 23.7 Å². The smallest absolute Gasteiger partial charge is 0.238 e. The molecule has 1 fully saturated rings. The molecule has 0 aliphatic carbocycles. The maximum absolute atomic E-state index is 12.4. The molecular weight excluding hydrogens is 316 g/mol. The Balaban J connectivity index is 1.92. The topological polar surface area (TPSA) is 79.0 Å². The van der Waals surface area contributed by atoms with Crippen LogP contribution in [0.5, 0.6) is 0 Å². The van der Waals surface area contributed by atoms with E-state index in [0.29, 0.717) is 6.42 Å². The number of carbonyl (C=O) groups excluding carboxylic acids is 3. The maximum Gasteiger partial charge on any atom is 0.238 e. The van der Waals surface area contributed by atoms with Gasteiger partial charge in [-0.15, -0.1) is 0 Å². The SMILES string of the molecule is CC(=O)C1C(=O)N[C@@H](Cc2c[nH]c3cccc(CC=C(C)C)c23)C1=O. The van der Waals surface area contributed by atoms with E-state index in [4.69, 9.17) is 0 Å². The van der Waals surface area contributed by atoms with Crippen molar-refractivity contribution in [3.8, 4) is 0 Å². The van der Waals surface area contributed by atoms with Crippen LogP contribution in [0.4, 0.5) is 0 Å². The van der Waals surface area contributed by atoms with E-state index in [0.717, 1.165) is 22.9 Å². The Morgan fingerprint density at radius 3 is 2.56 bits per heavy atom. The minimum Gasteiger partial charge on any atom is -0.361 e. The van der Waals surface area contributed by atoms with Gasteiger partial charge in [0, 0.05) is 23.5 Å². The molecule has 1 aromatic heterocycles. The van der Waals surface area contributed by atoms with Crippen LogP contribution in [0.15, 0.2) is 36.0 Å². The summed E-state index contributed by atoms with van der Waals surface area (Å²) in [7, 11) is 0. The number of carbonyl (C=O) groups is 3. The van der Waals surface area contributed by atoms with Gasteiger partial charge in [0.15, 0.2) is 11.7 Å². The minimum absolute atomic E-state index is 0.325. The number of ketones is 2. The van der Waals surface area contributed by atoms with Crippen LogP contribution in [-0.2, 0) is 27.2 Å². The molecule has 0 bridgehead atoms. The third-order valence-electron chi connectivity index (χ3n) is 4.64. The predicted octanol–water partition coefficient (Wildman–Crippen LogP) is 2.49. The molecule has 2 aromatic rings. The van der Waals surface area contributed by atoms with Crippen LogP contribution in [0.1, 0.15) is 31.9 Å². The summed E-state index contributed by atoms with van der Waals surface area (Å²) in [4.78, 5) is 39.1. The molecular formula is C20H22N2O3. The zero-order valence-electron chi connectivity index (χ0n) is 14.7. The second kappa shape index (κ2) is 6.67. The van der Waals surface area contributed by atoms with E-state index in [1.165, 1.54) is 18.1 Å². The molecule has 5 nitrogen and oxygen atoms in total. The number of allylic oxidation sites excluding steroid dienone is 2. The number of amides is 1. The second-order valence-corrected chi connectivity index (χ2v) is 6.85. The molecule has 1 aromatic carbocycles. The van der Waals surface area contributed by atoms with Crippen molar-refractivity contribution in [2.24, 2.45) is 5.92 Å². The number of fused-ring (bicyclic) bond motifs is 1. The van der Waals surface area contributed by atoms with E-state index in [2.05, 4.69) is 36.3 Å². The van der Waals surface area contributed by atoms with Gasteiger partial charge in [0.05, 0.1) is 6.04 Å². The lowest BCUT2D eigenvalue weighted by molar-refractivity contribution is -0.135. The molecule has 1 aliphatic heterocycles. The number of aromatic nitrogens is 1. The molecule has 3 rings (SSSR count). The number of nitrogens with one attached hydrogen (secondary N) is 2. The molecule has 2 atom stereocenters. The molecule has 0 saturated carbocycles. The number of hydrogen-bond donors (Lipinski definition) is 2. The van der Waals surface area contributed by atoms with Crippen molar-refractivity contribution in [2.75, 3.05) is 0 Å². The van der Waals surface area contributed by atoms with Crippen LogP contribution in [-0.4, -0.2) is 28.5 Å². The number of hydrogen-bond acceptors (Lipinski definition) is 3. The van der Waals surface area contributed by atoms with Crippen LogP contribution in [0, 0.1) is 5.92 Å². The van der Waals surface area contributed by atoms with Gasteiger partial charge >= 0.3 is 0 Å². The monoisotopic (exact) mass is 338 g/mol. The Morgan fingerprint density at radius 2 is 1.92 bits per heavy atom. The molecule has 5 heteroatoms. The summed E-state index contributed by atoms with van der Waals surface area (Å²) in [5.41, 5.74) is 4.41. The molecule has 0 spiro atoms. The molecule has 130 valence electrons. The third-order valence-corrected chi connectivity index (χ3v) is 4.64. The van der Waals surface area contributed by atoms with Gasteiger partial charge in [-0.2, -0.15) is 0 Å². The molecule has 2 N–H and O–H groups in total. The van der Waals surface area contributed by atoms with Gasteiger partial charge in [0.1, 0.15) is 5.78 Å². The zero-order valence-corrected chi connectivity index (χ0v) is 14.7. The average Bonchev–Trinajstić information content (AvgIpc) is 3.07. The molecule has 1 amide bonds. The Morgan fingerprint density at radius 1 is 1.16 bits per heavy atom. The molecule has 1 unspecified atom stereocenters. The van der Waals surface area contributed by atoms with Crippen molar-refractivity contribution in [1.29, 1.82) is 0 Å². The first kappa shape index (κ1) is 17.1. The second-order valence-electron chi connectivity index (χ2n) is 6.85. The van der Waals surface area contributed by atoms with E-state index in [-0.39, 0.29) is 5.78 Å². The van der Waals surface area contributed by atoms with Crippen LogP contribution in [0.3, 0.4) is 0 Å². The van der Waals surface area contributed by atoms with Crippen LogP contribution >= 0.6 is 0 Å². The first-order chi connectivity index (χ1) is 11.9. The van der Waals surface area contributed by atoms with Crippen LogP contribution in [0.25, 0.3) is 10.9 Å². The van der Waals surface area contributed by atoms with Crippen molar-refractivity contribution in [1.82, 2.24) is 10.3 Å². The Hall–Kier alpha value is -2.69. The lowest BCUT2D eigenvalue weighted by Crippen LogP contribution is -2.31. The fourth-order valence-electron chi connectivity index (χ4n) is 3.39. The number of aromatic amines is 1. The number of rotatable bonds is 5. The largest absolute Gasteiger partial charge is 0.361 e. The lowest BCUT2D eigenvalue weighted by Gasteiger charge is -2.09. The molecule has 1 aliphatic rings. The standard InChI is InChI=1S/C20H22N2O3/c1-11(2)7-8-13-5-4-6-15-18(13)14(10-21-15)9-16-19(24)17(12(3)23)20(25)22-16/h4-7,10,16-17,21H,8-9H2,1-3H3,(H,22,25)/t16-,17?/m0/s1. The van der Waals surface area contributed by atoms with Crippen molar-refractivity contribution < 1.29 is 14.4 Å². The maximum atomic E-state index is 12.4. The summed E-state index contributed by atoms with van der Waals surface area (Å²) in [6.45, 7) is 5.41. The molecule has 1 saturated heterocycles. The highest BCUT2D eigenvalue weighted by Gasteiger charge is 2.43. The Bertz CT molecular complexity index is 887. The Labute approximate surface area is 146 Å². The summed E-state index contributed by atoms with van der Waals surface area (Å²) in [6, 6.07) is 5.44. The van der Waals surface area contributed by atoms with Crippen molar-refractivity contribution >= 4 is 28.4 Å². The van der Waals surface area contributed by atoms with Crippen LogP contribution < -0.4 is 5.32 Å². The van der Waals surface area contributed by atoms with E-state index >= 15 is 0 Å². The van der Waals surface area contributed by atoms with Gasteiger partial charge in [0.25, 0.3) is 0 Å². The van der Waals surface area contributed by atoms with Gasteiger partial charge in [-0.1, -0.05) is 23.8 Å². The summed E-state index contributed by atoms with van der Waals surface area (Å²) < 4.78 is 0. The fourth-order valence-corrected chi connectivity index (χ4v) is 3.39. The summed E-state index contributed by atoms with van der Waals surface area (Å²) in [5.74, 6) is -2.35. The molecule has 2 heterocycles. The highest BCUT2D eigenvalue weighted by atomic mass is 16.2. The summed E-state index contributed by atoms with van der Waals surface area (Å²) >= 11 is 0. The number of H-pyrrole nitrogens is 1. The number of benzene rings is 1. The van der Waals surface area contributed by atoms with Crippen molar-refractivity contribution in [3.63, 3.8) is 0 Å². The van der Waals surface area contributed by atoms with Gasteiger partial charge in [-0.3, -0.25) is 14.4 Å². The van der Waals surface area contributed by atoms with E-state index in [9.17, 15) is 14.4 Å². The normalized spacial score (nSPS) is 20.0. The first-order valence-corrected chi connectivity index (χ1v) is 8.44. The Kier molecular flexibility index (Phi) is 4.57. The minimum atomic E-state index is -1.15. The lowest BCUT2D eigenvalue weighted by atomic mass is 9.94. The van der Waals surface area contributed by atoms with Crippen molar-refractivity contribution in [2.45, 2.75) is 39.7 Å². The quantitative estimate of drug-likeness (QED) is 0.649. The van der Waals surface area contributed by atoms with Crippen LogP contribution in [0.2, 0.25) is 0 Å². The van der Waals surface area contributed by atoms with E-state index in [1.54, 1.807) is 0 Å². The summed E-state index contributed by atoms with van der Waals surface area (Å²) in [6.07, 6.45) is 5.25. The van der Waals surface area contributed by atoms with E-state index in [1.807, 2.05) is 18.3 Å². The van der Waals surface area contributed by atoms with Gasteiger partial charge < -0.3 is 10.3 Å². The van der Waals surface area contributed by atoms with Gasteiger partial charge in [-0.25, -0.2) is 0 Å². The fraction of sp³-hybridized carbons (Fsp3) is 0.350. The first-order valence-electron chi connectivity index (χ1n) is 8.44. The highest BCUT2D eigenvalue weighted by Crippen LogP contribution is 2.26. The van der Waals surface area contributed by atoms with Gasteiger partial charge in [-0.05, 0) is 44.4 Å². The summed E-state index contributed by atoms with van der Waals surface area (Å²) in [5, 5.41) is 3.76. The van der Waals surface area contributed by atoms with Gasteiger partial charge in [0.2, 0.25) is 5.91 Å². The molecule has 25 heavy (non-hydrogen) atoms. The zero-order chi connectivity index (χ0) is 18.1. The average molecular weight is 338 g/mol.